The molecule has 0 saturated heterocycles. The van der Waals surface area contributed by atoms with Crippen LogP contribution in [0.15, 0.2) is 18.5 Å². The summed E-state index contributed by atoms with van der Waals surface area (Å²) in [4.78, 5) is 4.40. The summed E-state index contributed by atoms with van der Waals surface area (Å²) in [7, 11) is 0. The second kappa shape index (κ2) is 2.98. The standard InChI is InChI=1S/C12H15N3O/c1-12(2,13)11-14-7-9-10-8(4-6-16-10)3-5-15(9)11/h3,5,7H,4,6,13H2,1-2H3. The van der Waals surface area contributed by atoms with E-state index in [0.29, 0.717) is 0 Å². The van der Waals surface area contributed by atoms with Gasteiger partial charge in [0.2, 0.25) is 0 Å². The first-order chi connectivity index (χ1) is 7.57. The fraction of sp³-hybridized carbons (Fsp3) is 0.417. The van der Waals surface area contributed by atoms with Crippen LogP contribution in [-0.4, -0.2) is 16.0 Å². The van der Waals surface area contributed by atoms with Gasteiger partial charge in [-0.3, -0.25) is 4.40 Å². The van der Waals surface area contributed by atoms with Crippen LogP contribution in [-0.2, 0) is 12.0 Å². The molecule has 4 nitrogen and oxygen atoms in total. The normalized spacial score (nSPS) is 15.2. The molecule has 3 rings (SSSR count). The van der Waals surface area contributed by atoms with Crippen LogP contribution in [0, 0.1) is 0 Å². The van der Waals surface area contributed by atoms with E-state index in [1.807, 2.05) is 30.6 Å². The molecule has 0 atom stereocenters. The van der Waals surface area contributed by atoms with E-state index in [1.165, 1.54) is 5.56 Å². The molecule has 0 unspecified atom stereocenters. The van der Waals surface area contributed by atoms with E-state index in [-0.39, 0.29) is 0 Å². The molecule has 0 aromatic carbocycles. The molecule has 1 aliphatic rings. The van der Waals surface area contributed by atoms with Gasteiger partial charge in [-0.15, -0.1) is 0 Å². The molecule has 0 bridgehead atoms. The van der Waals surface area contributed by atoms with Crippen LogP contribution in [0.4, 0.5) is 0 Å². The van der Waals surface area contributed by atoms with Gasteiger partial charge in [0.1, 0.15) is 17.1 Å². The molecule has 0 radical (unpaired) electrons. The average molecular weight is 217 g/mol. The number of fused-ring (bicyclic) bond motifs is 3. The summed E-state index contributed by atoms with van der Waals surface area (Å²) in [5.74, 6) is 1.83. The Morgan fingerprint density at radius 1 is 1.50 bits per heavy atom. The maximum atomic E-state index is 6.09. The molecule has 0 fully saturated rings. The Morgan fingerprint density at radius 3 is 3.06 bits per heavy atom. The van der Waals surface area contributed by atoms with Crippen molar-refractivity contribution in [1.29, 1.82) is 0 Å². The number of imidazole rings is 1. The first-order valence-electron chi connectivity index (χ1n) is 5.48. The van der Waals surface area contributed by atoms with Crippen LogP contribution < -0.4 is 10.5 Å². The van der Waals surface area contributed by atoms with Gasteiger partial charge in [-0.25, -0.2) is 4.98 Å². The molecule has 1 aliphatic heterocycles. The molecule has 2 aromatic rings. The molecular formula is C12H15N3O. The number of pyridine rings is 1. The fourth-order valence-electron chi connectivity index (χ4n) is 2.19. The summed E-state index contributed by atoms with van der Waals surface area (Å²) in [6, 6.07) is 2.09. The highest BCUT2D eigenvalue weighted by molar-refractivity contribution is 5.64. The van der Waals surface area contributed by atoms with Gasteiger partial charge in [0, 0.05) is 18.2 Å². The quantitative estimate of drug-likeness (QED) is 0.786. The largest absolute Gasteiger partial charge is 0.491 e. The highest BCUT2D eigenvalue weighted by atomic mass is 16.5. The second-order valence-corrected chi connectivity index (χ2v) is 4.83. The molecule has 0 aliphatic carbocycles. The van der Waals surface area contributed by atoms with Gasteiger partial charge in [0.15, 0.2) is 0 Å². The van der Waals surface area contributed by atoms with Gasteiger partial charge >= 0.3 is 0 Å². The molecule has 3 heterocycles. The molecule has 2 aromatic heterocycles. The van der Waals surface area contributed by atoms with E-state index in [9.17, 15) is 0 Å². The minimum absolute atomic E-state index is 0.445. The van der Waals surface area contributed by atoms with Crippen molar-refractivity contribution in [3.05, 3.63) is 29.8 Å². The van der Waals surface area contributed by atoms with Gasteiger partial charge in [0.05, 0.1) is 18.3 Å². The van der Waals surface area contributed by atoms with Crippen molar-refractivity contribution in [3.63, 3.8) is 0 Å². The van der Waals surface area contributed by atoms with Crippen LogP contribution in [0.3, 0.4) is 0 Å². The average Bonchev–Trinajstić information content (AvgIpc) is 2.81. The van der Waals surface area contributed by atoms with Gasteiger partial charge in [-0.1, -0.05) is 0 Å². The number of hydrogen-bond acceptors (Lipinski definition) is 3. The van der Waals surface area contributed by atoms with Crippen molar-refractivity contribution in [2.75, 3.05) is 6.61 Å². The van der Waals surface area contributed by atoms with Crippen LogP contribution in [0.2, 0.25) is 0 Å². The highest BCUT2D eigenvalue weighted by Gasteiger charge is 2.23. The molecule has 0 amide bonds. The predicted octanol–water partition coefficient (Wildman–Crippen LogP) is 1.46. The summed E-state index contributed by atoms with van der Waals surface area (Å²) < 4.78 is 7.65. The minimum atomic E-state index is -0.445. The molecule has 0 spiro atoms. The van der Waals surface area contributed by atoms with Crippen molar-refractivity contribution in [2.45, 2.75) is 25.8 Å². The minimum Gasteiger partial charge on any atom is -0.491 e. The van der Waals surface area contributed by atoms with Gasteiger partial charge in [-0.05, 0) is 19.9 Å². The Labute approximate surface area is 94.0 Å². The maximum Gasteiger partial charge on any atom is 0.148 e. The lowest BCUT2D eigenvalue weighted by Gasteiger charge is -2.17. The summed E-state index contributed by atoms with van der Waals surface area (Å²) in [5, 5.41) is 0. The topological polar surface area (TPSA) is 52.5 Å². The Morgan fingerprint density at radius 2 is 2.31 bits per heavy atom. The zero-order chi connectivity index (χ0) is 11.3. The first kappa shape index (κ1) is 9.66. The van der Waals surface area contributed by atoms with Crippen molar-refractivity contribution in [1.82, 2.24) is 9.38 Å². The summed E-state index contributed by atoms with van der Waals surface area (Å²) >= 11 is 0. The molecule has 84 valence electrons. The number of nitrogens with zero attached hydrogens (tertiary/aromatic N) is 2. The molecule has 0 saturated carbocycles. The van der Waals surface area contributed by atoms with Crippen LogP contribution in [0.5, 0.6) is 5.75 Å². The SMILES string of the molecule is CC(C)(N)c1ncc2c3c(ccn12)CCO3. The summed E-state index contributed by atoms with van der Waals surface area (Å²) in [6.07, 6.45) is 4.85. The lowest BCUT2D eigenvalue weighted by atomic mass is 10.1. The second-order valence-electron chi connectivity index (χ2n) is 4.83. The lowest BCUT2D eigenvalue weighted by Crippen LogP contribution is -2.31. The summed E-state index contributed by atoms with van der Waals surface area (Å²) in [5.41, 5.74) is 7.92. The third-order valence-corrected chi connectivity index (χ3v) is 2.94. The molecular weight excluding hydrogens is 202 g/mol. The van der Waals surface area contributed by atoms with Crippen molar-refractivity contribution >= 4 is 5.52 Å². The van der Waals surface area contributed by atoms with Crippen LogP contribution in [0.1, 0.15) is 25.2 Å². The summed E-state index contributed by atoms with van der Waals surface area (Å²) in [6.45, 7) is 4.67. The Bertz CT molecular complexity index is 551. The molecule has 2 N–H and O–H groups in total. The zero-order valence-corrected chi connectivity index (χ0v) is 9.53. The fourth-order valence-corrected chi connectivity index (χ4v) is 2.19. The zero-order valence-electron chi connectivity index (χ0n) is 9.53. The van der Waals surface area contributed by atoms with E-state index in [4.69, 9.17) is 10.5 Å². The van der Waals surface area contributed by atoms with Crippen LogP contribution >= 0.6 is 0 Å². The third-order valence-electron chi connectivity index (χ3n) is 2.94. The monoisotopic (exact) mass is 217 g/mol. The van der Waals surface area contributed by atoms with E-state index in [0.717, 1.165) is 30.1 Å². The Balaban J connectivity index is 2.30. The van der Waals surface area contributed by atoms with Gasteiger partial charge in [0.25, 0.3) is 0 Å². The number of rotatable bonds is 1. The number of nitrogens with two attached hydrogens (primary N) is 1. The number of hydrogen-bond donors (Lipinski definition) is 1. The van der Waals surface area contributed by atoms with Crippen molar-refractivity contribution in [2.24, 2.45) is 5.73 Å². The van der Waals surface area contributed by atoms with Gasteiger partial charge in [-0.2, -0.15) is 0 Å². The van der Waals surface area contributed by atoms with Crippen LogP contribution in [0.25, 0.3) is 5.52 Å². The number of ether oxygens (including phenoxy) is 1. The van der Waals surface area contributed by atoms with E-state index < -0.39 is 5.54 Å². The van der Waals surface area contributed by atoms with Gasteiger partial charge < -0.3 is 10.5 Å². The Hall–Kier alpha value is -1.55. The highest BCUT2D eigenvalue weighted by Crippen LogP contribution is 2.32. The molecule has 4 heteroatoms. The Kier molecular flexibility index (Phi) is 1.80. The van der Waals surface area contributed by atoms with E-state index in [1.54, 1.807) is 0 Å². The molecule has 16 heavy (non-hydrogen) atoms. The third kappa shape index (κ3) is 1.23. The maximum absolute atomic E-state index is 6.09. The number of aromatic nitrogens is 2. The van der Waals surface area contributed by atoms with E-state index in [2.05, 4.69) is 11.1 Å². The predicted molar refractivity (Wildman–Crippen MR) is 61.6 cm³/mol. The lowest BCUT2D eigenvalue weighted by molar-refractivity contribution is 0.359. The first-order valence-corrected chi connectivity index (χ1v) is 5.48. The van der Waals surface area contributed by atoms with Crippen molar-refractivity contribution < 1.29 is 4.74 Å². The van der Waals surface area contributed by atoms with Crippen molar-refractivity contribution in [3.8, 4) is 5.75 Å². The smallest absolute Gasteiger partial charge is 0.148 e. The van der Waals surface area contributed by atoms with E-state index >= 15 is 0 Å².